The second kappa shape index (κ2) is 5.73. The molecule has 0 amide bonds. The van der Waals surface area contributed by atoms with Gasteiger partial charge in [-0.15, -0.1) is 11.3 Å². The van der Waals surface area contributed by atoms with Crippen molar-refractivity contribution in [2.45, 2.75) is 45.1 Å². The first-order chi connectivity index (χ1) is 10.1. The Labute approximate surface area is 127 Å². The van der Waals surface area contributed by atoms with E-state index in [9.17, 15) is 0 Å². The van der Waals surface area contributed by atoms with Gasteiger partial charge in [0.1, 0.15) is 11.3 Å². The van der Waals surface area contributed by atoms with Gasteiger partial charge in [-0.3, -0.25) is 0 Å². The number of anilines is 1. The van der Waals surface area contributed by atoms with Gasteiger partial charge in [0.25, 0.3) is 5.89 Å². The van der Waals surface area contributed by atoms with Crippen LogP contribution in [0.1, 0.15) is 45.4 Å². The molecule has 2 heterocycles. The van der Waals surface area contributed by atoms with Crippen molar-refractivity contribution in [1.29, 1.82) is 0 Å². The van der Waals surface area contributed by atoms with Crippen LogP contribution in [0.4, 0.5) is 5.13 Å². The van der Waals surface area contributed by atoms with Gasteiger partial charge in [0.2, 0.25) is 5.82 Å². The molecular formula is C14H20N4O2S. The van der Waals surface area contributed by atoms with E-state index < -0.39 is 5.60 Å². The smallest absolute Gasteiger partial charge is 0.277 e. The first kappa shape index (κ1) is 14.5. The van der Waals surface area contributed by atoms with E-state index in [4.69, 9.17) is 15.0 Å². The fourth-order valence-electron chi connectivity index (χ4n) is 2.84. The fourth-order valence-corrected chi connectivity index (χ4v) is 3.37. The van der Waals surface area contributed by atoms with Crippen LogP contribution in [0.15, 0.2) is 9.90 Å². The Morgan fingerprint density at radius 2 is 2.19 bits per heavy atom. The first-order valence-corrected chi connectivity index (χ1v) is 8.20. The molecule has 1 fully saturated rings. The van der Waals surface area contributed by atoms with Gasteiger partial charge in [-0.2, -0.15) is 4.98 Å². The van der Waals surface area contributed by atoms with E-state index in [2.05, 4.69) is 22.0 Å². The Morgan fingerprint density at radius 3 is 2.81 bits per heavy atom. The summed E-state index contributed by atoms with van der Waals surface area (Å²) in [5, 5.41) is 6.47. The van der Waals surface area contributed by atoms with Gasteiger partial charge in [0.15, 0.2) is 5.13 Å². The van der Waals surface area contributed by atoms with Crippen LogP contribution in [0.3, 0.4) is 0 Å². The molecule has 2 aromatic heterocycles. The van der Waals surface area contributed by atoms with Gasteiger partial charge in [-0.05, 0) is 38.5 Å². The van der Waals surface area contributed by atoms with Crippen LogP contribution in [0.25, 0.3) is 11.6 Å². The summed E-state index contributed by atoms with van der Waals surface area (Å²) in [6.45, 7) is 4.92. The third-order valence-electron chi connectivity index (χ3n) is 4.08. The topological polar surface area (TPSA) is 87.1 Å². The lowest BCUT2D eigenvalue weighted by Gasteiger charge is -2.36. The summed E-state index contributed by atoms with van der Waals surface area (Å²) in [6, 6.07) is 0. The molecule has 0 unspecified atom stereocenters. The van der Waals surface area contributed by atoms with E-state index >= 15 is 0 Å². The minimum atomic E-state index is -0.412. The van der Waals surface area contributed by atoms with Crippen molar-refractivity contribution >= 4 is 16.5 Å². The van der Waals surface area contributed by atoms with Gasteiger partial charge >= 0.3 is 0 Å². The second-order valence-electron chi connectivity index (χ2n) is 5.60. The highest BCUT2D eigenvalue weighted by atomic mass is 32.1. The number of hydrogen-bond donors (Lipinski definition) is 1. The van der Waals surface area contributed by atoms with Crippen LogP contribution in [-0.2, 0) is 10.3 Å². The maximum Gasteiger partial charge on any atom is 0.277 e. The number of rotatable bonds is 4. The lowest BCUT2D eigenvalue weighted by molar-refractivity contribution is -0.0847. The number of nitrogen functional groups attached to an aromatic ring is 1. The summed E-state index contributed by atoms with van der Waals surface area (Å²) in [5.41, 5.74) is 5.87. The maximum absolute atomic E-state index is 6.03. The summed E-state index contributed by atoms with van der Waals surface area (Å²) in [6.07, 6.45) is 4.10. The number of hydrogen-bond acceptors (Lipinski definition) is 7. The predicted octanol–water partition coefficient (Wildman–Crippen LogP) is 3.22. The predicted molar refractivity (Wildman–Crippen MR) is 80.8 cm³/mol. The molecule has 2 aromatic rings. The molecule has 114 valence electrons. The highest BCUT2D eigenvalue weighted by Crippen LogP contribution is 2.41. The molecule has 0 bridgehead atoms. The van der Waals surface area contributed by atoms with Crippen molar-refractivity contribution < 1.29 is 9.26 Å². The zero-order valence-corrected chi connectivity index (χ0v) is 13.2. The number of ether oxygens (including phenoxy) is 1. The number of nitrogens with two attached hydrogens (primary N) is 1. The molecule has 6 nitrogen and oxygen atoms in total. The van der Waals surface area contributed by atoms with Gasteiger partial charge in [0, 0.05) is 12.0 Å². The minimum absolute atomic E-state index is 0.412. The largest absolute Gasteiger partial charge is 0.375 e. The minimum Gasteiger partial charge on any atom is -0.375 e. The third kappa shape index (κ3) is 2.80. The van der Waals surface area contributed by atoms with E-state index in [1.165, 1.54) is 11.3 Å². The molecule has 1 aliphatic carbocycles. The second-order valence-corrected chi connectivity index (χ2v) is 6.49. The van der Waals surface area contributed by atoms with Crippen LogP contribution < -0.4 is 5.73 Å². The quantitative estimate of drug-likeness (QED) is 0.933. The number of thiazole rings is 1. The Bertz CT molecular complexity index is 602. The van der Waals surface area contributed by atoms with Crippen LogP contribution in [0, 0.1) is 5.92 Å². The SMILES string of the molecule is CCOC1(c2noc(-c3csc(N)n3)n2)CCC(C)CC1. The Balaban J connectivity index is 1.88. The molecule has 0 aromatic carbocycles. The van der Waals surface area contributed by atoms with Gasteiger partial charge in [0.05, 0.1) is 0 Å². The lowest BCUT2D eigenvalue weighted by atomic mass is 9.79. The molecule has 7 heteroatoms. The molecule has 1 aliphatic rings. The van der Waals surface area contributed by atoms with Gasteiger partial charge in [-0.25, -0.2) is 4.98 Å². The average molecular weight is 308 g/mol. The van der Waals surface area contributed by atoms with Crippen LogP contribution in [0.5, 0.6) is 0 Å². The van der Waals surface area contributed by atoms with Crippen LogP contribution in [0.2, 0.25) is 0 Å². The molecule has 0 atom stereocenters. The molecule has 3 rings (SSSR count). The standard InChI is InChI=1S/C14H20N4O2S/c1-3-19-14(6-4-9(2)5-7-14)12-17-11(20-18-12)10-8-21-13(15)16-10/h8-9H,3-7H2,1-2H3,(H2,15,16). The van der Waals surface area contributed by atoms with E-state index in [1.54, 1.807) is 0 Å². The summed E-state index contributed by atoms with van der Waals surface area (Å²) < 4.78 is 11.4. The van der Waals surface area contributed by atoms with Gasteiger partial charge < -0.3 is 15.0 Å². The zero-order valence-electron chi connectivity index (χ0n) is 12.3. The van der Waals surface area contributed by atoms with Crippen molar-refractivity contribution in [1.82, 2.24) is 15.1 Å². The summed E-state index contributed by atoms with van der Waals surface area (Å²) in [7, 11) is 0. The molecule has 21 heavy (non-hydrogen) atoms. The molecule has 0 spiro atoms. The average Bonchev–Trinajstić information content (AvgIpc) is 3.11. The summed E-state index contributed by atoms with van der Waals surface area (Å²) in [5.74, 6) is 1.77. The lowest BCUT2D eigenvalue weighted by Crippen LogP contribution is -2.35. The highest BCUT2D eigenvalue weighted by Gasteiger charge is 2.41. The Kier molecular flexibility index (Phi) is 3.95. The van der Waals surface area contributed by atoms with Crippen LogP contribution in [-0.4, -0.2) is 21.7 Å². The van der Waals surface area contributed by atoms with Gasteiger partial charge in [-0.1, -0.05) is 12.1 Å². The summed E-state index contributed by atoms with van der Waals surface area (Å²) >= 11 is 1.36. The summed E-state index contributed by atoms with van der Waals surface area (Å²) in [4.78, 5) is 8.70. The molecule has 1 saturated carbocycles. The van der Waals surface area contributed by atoms with Crippen molar-refractivity contribution in [2.75, 3.05) is 12.3 Å². The van der Waals surface area contributed by atoms with Crippen molar-refractivity contribution in [2.24, 2.45) is 5.92 Å². The van der Waals surface area contributed by atoms with E-state index in [0.717, 1.165) is 31.6 Å². The number of nitrogens with zero attached hydrogens (tertiary/aromatic N) is 3. The van der Waals surface area contributed by atoms with Crippen molar-refractivity contribution in [3.63, 3.8) is 0 Å². The molecule has 0 aliphatic heterocycles. The van der Waals surface area contributed by atoms with E-state index in [-0.39, 0.29) is 0 Å². The van der Waals surface area contributed by atoms with Crippen LogP contribution >= 0.6 is 11.3 Å². The third-order valence-corrected chi connectivity index (χ3v) is 4.75. The Morgan fingerprint density at radius 1 is 1.43 bits per heavy atom. The molecule has 0 saturated heterocycles. The number of aromatic nitrogens is 3. The van der Waals surface area contributed by atoms with Crippen molar-refractivity contribution in [3.8, 4) is 11.6 Å². The van der Waals surface area contributed by atoms with E-state index in [1.807, 2.05) is 12.3 Å². The maximum atomic E-state index is 6.03. The fraction of sp³-hybridized carbons (Fsp3) is 0.643. The zero-order chi connectivity index (χ0) is 14.9. The highest BCUT2D eigenvalue weighted by molar-refractivity contribution is 7.13. The molecule has 2 N–H and O–H groups in total. The molecular weight excluding hydrogens is 288 g/mol. The van der Waals surface area contributed by atoms with E-state index in [0.29, 0.717) is 29.1 Å². The normalized spacial score (nSPS) is 26.1. The first-order valence-electron chi connectivity index (χ1n) is 7.32. The van der Waals surface area contributed by atoms with Crippen molar-refractivity contribution in [3.05, 3.63) is 11.2 Å². The monoisotopic (exact) mass is 308 g/mol. The molecule has 0 radical (unpaired) electrons. The Hall–Kier alpha value is -1.47.